The van der Waals surface area contributed by atoms with Crippen molar-refractivity contribution in [2.75, 3.05) is 4.90 Å². The van der Waals surface area contributed by atoms with Crippen LogP contribution >= 0.6 is 0 Å². The highest BCUT2D eigenvalue weighted by atomic mass is 16.3. The van der Waals surface area contributed by atoms with Crippen LogP contribution in [0, 0.1) is 11.8 Å². The van der Waals surface area contributed by atoms with Crippen molar-refractivity contribution in [1.29, 1.82) is 0 Å². The second kappa shape index (κ2) is 12.7. The topological polar surface area (TPSA) is 16.4 Å². The molecule has 2 bridgehead atoms. The summed E-state index contributed by atoms with van der Waals surface area (Å²) in [5, 5.41) is 2.29. The van der Waals surface area contributed by atoms with E-state index in [2.05, 4.69) is 187 Å². The number of hydrogen-bond donors (Lipinski definition) is 0. The molecule has 2 saturated carbocycles. The van der Waals surface area contributed by atoms with E-state index in [9.17, 15) is 0 Å². The molecule has 8 aromatic carbocycles. The van der Waals surface area contributed by atoms with Crippen molar-refractivity contribution in [3.8, 4) is 44.5 Å². The molecule has 2 nitrogen and oxygen atoms in total. The third kappa shape index (κ3) is 4.83. The quantitative estimate of drug-likeness (QED) is 0.169. The number of rotatable bonds is 6. The van der Waals surface area contributed by atoms with Crippen molar-refractivity contribution in [3.63, 3.8) is 0 Å². The first-order valence-corrected chi connectivity index (χ1v) is 20.5. The van der Waals surface area contributed by atoms with Gasteiger partial charge in [0.15, 0.2) is 0 Å². The second-order valence-electron chi connectivity index (χ2n) is 16.4. The number of hydrogen-bond acceptors (Lipinski definition) is 2. The Kier molecular flexibility index (Phi) is 7.26. The lowest BCUT2D eigenvalue weighted by molar-refractivity contribution is 0.327. The molecule has 1 spiro atoms. The lowest BCUT2D eigenvalue weighted by Crippen LogP contribution is -2.31. The maximum absolute atomic E-state index is 6.49. The van der Waals surface area contributed by atoms with Crippen LogP contribution in [0.25, 0.3) is 66.4 Å². The van der Waals surface area contributed by atoms with Crippen LogP contribution in [0.3, 0.4) is 0 Å². The fraction of sp³-hybridized carbons (Fsp3) is 0.127. The first-order chi connectivity index (χ1) is 28.3. The first kappa shape index (κ1) is 32.6. The van der Waals surface area contributed by atoms with Gasteiger partial charge in [-0.3, -0.25) is 0 Å². The zero-order chi connectivity index (χ0) is 37.5. The summed E-state index contributed by atoms with van der Waals surface area (Å²) in [6.45, 7) is 0. The zero-order valence-corrected chi connectivity index (χ0v) is 31.7. The van der Waals surface area contributed by atoms with Gasteiger partial charge in [-0.05, 0) is 100 Å². The van der Waals surface area contributed by atoms with Gasteiger partial charge in [0.05, 0.1) is 11.4 Å². The summed E-state index contributed by atoms with van der Waals surface area (Å²) in [7, 11) is 0. The molecule has 3 atom stereocenters. The van der Waals surface area contributed by atoms with Crippen LogP contribution in [0.5, 0.6) is 0 Å². The average molecular weight is 732 g/mol. The highest BCUT2D eigenvalue weighted by molar-refractivity contribution is 6.09. The Balaban J connectivity index is 1.06. The maximum Gasteiger partial charge on any atom is 0.143 e. The number of para-hydroxylation sites is 4. The van der Waals surface area contributed by atoms with Gasteiger partial charge in [0.2, 0.25) is 0 Å². The Morgan fingerprint density at radius 1 is 0.456 bits per heavy atom. The van der Waals surface area contributed by atoms with E-state index in [4.69, 9.17) is 4.42 Å². The van der Waals surface area contributed by atoms with Gasteiger partial charge in [-0.1, -0.05) is 164 Å². The Morgan fingerprint density at radius 3 is 1.88 bits per heavy atom. The van der Waals surface area contributed by atoms with Gasteiger partial charge >= 0.3 is 0 Å². The number of benzene rings is 8. The largest absolute Gasteiger partial charge is 0.455 e. The van der Waals surface area contributed by atoms with E-state index in [1.54, 1.807) is 11.1 Å². The normalized spacial score (nSPS) is 19.0. The van der Waals surface area contributed by atoms with E-state index >= 15 is 0 Å². The molecule has 0 N–H and O–H groups in total. The van der Waals surface area contributed by atoms with Crippen molar-refractivity contribution in [2.45, 2.75) is 31.1 Å². The molecule has 57 heavy (non-hydrogen) atoms. The molecule has 3 aliphatic rings. The Labute approximate surface area is 333 Å². The predicted octanol–water partition coefficient (Wildman–Crippen LogP) is 15.1. The molecule has 1 heterocycles. The smallest absolute Gasteiger partial charge is 0.143 e. The van der Waals surface area contributed by atoms with Crippen molar-refractivity contribution < 1.29 is 4.42 Å². The Morgan fingerprint density at radius 2 is 1.07 bits per heavy atom. The minimum absolute atomic E-state index is 0.123. The van der Waals surface area contributed by atoms with Gasteiger partial charge in [-0.2, -0.15) is 0 Å². The summed E-state index contributed by atoms with van der Waals surface area (Å²) >= 11 is 0. The second-order valence-corrected chi connectivity index (χ2v) is 16.4. The molecule has 0 radical (unpaired) electrons. The van der Waals surface area contributed by atoms with Crippen LogP contribution in [0.2, 0.25) is 0 Å². The average Bonchev–Trinajstić information content (AvgIpc) is 4.06. The summed E-state index contributed by atoms with van der Waals surface area (Å²) in [6.07, 6.45) is 5.36. The third-order valence-electron chi connectivity index (χ3n) is 13.6. The van der Waals surface area contributed by atoms with Gasteiger partial charge in [-0.15, -0.1) is 0 Å². The summed E-state index contributed by atoms with van der Waals surface area (Å²) in [4.78, 5) is 2.48. The number of nitrogens with zero attached hydrogens (tertiary/aromatic N) is 1. The van der Waals surface area contributed by atoms with Crippen molar-refractivity contribution >= 4 is 39.0 Å². The molecule has 3 aliphatic carbocycles. The molecular weight excluding hydrogens is 691 g/mol. The van der Waals surface area contributed by atoms with E-state index in [0.29, 0.717) is 5.92 Å². The summed E-state index contributed by atoms with van der Waals surface area (Å²) in [6, 6.07) is 69.1. The molecule has 0 amide bonds. The molecule has 12 rings (SSSR count). The molecule has 2 heteroatoms. The first-order valence-electron chi connectivity index (χ1n) is 20.5. The SMILES string of the molecule is c1ccc(-c2ccccc2N(c2ccc(-c3cccc4c3oc3ccccc34)cc2)c2ccccc2-c2cccc3c2-c2ccccc2C32CC3CCC2C3)cc1. The highest BCUT2D eigenvalue weighted by Gasteiger charge is 2.57. The lowest BCUT2D eigenvalue weighted by Gasteiger charge is -2.36. The highest BCUT2D eigenvalue weighted by Crippen LogP contribution is 2.67. The van der Waals surface area contributed by atoms with Crippen LogP contribution in [-0.2, 0) is 5.41 Å². The molecule has 1 aromatic heterocycles. The van der Waals surface area contributed by atoms with E-state index in [1.807, 2.05) is 6.07 Å². The van der Waals surface area contributed by atoms with E-state index in [1.165, 1.54) is 59.1 Å². The summed E-state index contributed by atoms with van der Waals surface area (Å²) in [5.41, 5.74) is 18.5. The van der Waals surface area contributed by atoms with Gasteiger partial charge < -0.3 is 9.32 Å². The number of fused-ring (bicyclic) bond motifs is 11. The monoisotopic (exact) mass is 731 g/mol. The molecule has 9 aromatic rings. The zero-order valence-electron chi connectivity index (χ0n) is 31.7. The van der Waals surface area contributed by atoms with Crippen LogP contribution in [0.1, 0.15) is 36.8 Å². The molecule has 0 saturated heterocycles. The van der Waals surface area contributed by atoms with Crippen LogP contribution in [0.4, 0.5) is 17.1 Å². The van der Waals surface area contributed by atoms with Crippen molar-refractivity contribution in [3.05, 3.63) is 199 Å². The number of anilines is 3. The van der Waals surface area contributed by atoms with Crippen molar-refractivity contribution in [1.82, 2.24) is 0 Å². The van der Waals surface area contributed by atoms with E-state index in [0.717, 1.165) is 56.0 Å². The van der Waals surface area contributed by atoms with Crippen LogP contribution in [-0.4, -0.2) is 0 Å². The van der Waals surface area contributed by atoms with Crippen LogP contribution in [0.15, 0.2) is 192 Å². The minimum Gasteiger partial charge on any atom is -0.455 e. The Bertz CT molecular complexity index is 2990. The van der Waals surface area contributed by atoms with Crippen molar-refractivity contribution in [2.24, 2.45) is 11.8 Å². The Hall–Kier alpha value is -6.64. The fourth-order valence-electron chi connectivity index (χ4n) is 11.3. The fourth-order valence-corrected chi connectivity index (χ4v) is 11.3. The van der Waals surface area contributed by atoms with Gasteiger partial charge in [0.25, 0.3) is 0 Å². The lowest BCUT2D eigenvalue weighted by atomic mass is 9.66. The molecule has 2 fully saturated rings. The van der Waals surface area contributed by atoms with Gasteiger partial charge in [0.1, 0.15) is 11.2 Å². The third-order valence-corrected chi connectivity index (χ3v) is 13.6. The van der Waals surface area contributed by atoms with E-state index < -0.39 is 0 Å². The maximum atomic E-state index is 6.49. The standard InChI is InChI=1S/C55H41NO/c1-2-14-37(15-3-1)41-16-5-9-25-50(41)56(40-32-29-38(30-33-40)42-20-12-22-46-44-18-7-11-27-52(44)57-54(42)46)51-26-10-6-17-43(51)45-21-13-24-49-53(45)47-19-4-8-23-48(47)55(49)35-36-28-31-39(55)34-36/h1-27,29-30,32-33,36,39H,28,31,34-35H2. The van der Waals surface area contributed by atoms with Gasteiger partial charge in [-0.25, -0.2) is 0 Å². The summed E-state index contributed by atoms with van der Waals surface area (Å²) < 4.78 is 6.49. The molecule has 3 unspecified atom stereocenters. The predicted molar refractivity (Wildman–Crippen MR) is 236 cm³/mol. The molecular formula is C55H41NO. The summed E-state index contributed by atoms with van der Waals surface area (Å²) in [5.74, 6) is 1.55. The number of furan rings is 1. The molecule has 272 valence electrons. The van der Waals surface area contributed by atoms with E-state index in [-0.39, 0.29) is 5.41 Å². The molecule has 0 aliphatic heterocycles. The minimum atomic E-state index is 0.123. The van der Waals surface area contributed by atoms with Gasteiger partial charge in [0, 0.05) is 38.6 Å². The van der Waals surface area contributed by atoms with Crippen LogP contribution < -0.4 is 4.90 Å².